The summed E-state index contributed by atoms with van der Waals surface area (Å²) in [6, 6.07) is 20.3. The summed E-state index contributed by atoms with van der Waals surface area (Å²) in [5.41, 5.74) is 1.28. The van der Waals surface area contributed by atoms with Crippen molar-refractivity contribution in [2.24, 2.45) is 0 Å². The molecular formula is C22H22ClN3O2. The number of rotatable bonds is 6. The number of fused-ring (bicyclic) bond motifs is 1. The number of amides is 2. The molecule has 144 valence electrons. The minimum absolute atomic E-state index is 0.0670. The van der Waals surface area contributed by atoms with E-state index in [9.17, 15) is 9.59 Å². The molecule has 0 spiro atoms. The number of anilines is 2. The second-order valence-corrected chi connectivity index (χ2v) is 7.08. The van der Waals surface area contributed by atoms with Gasteiger partial charge in [-0.1, -0.05) is 54.1 Å². The Morgan fingerprint density at radius 3 is 2.39 bits per heavy atom. The fourth-order valence-corrected chi connectivity index (χ4v) is 3.01. The highest BCUT2D eigenvalue weighted by atomic mass is 35.5. The summed E-state index contributed by atoms with van der Waals surface area (Å²) in [6.07, 6.45) is 0. The number of hydrogen-bond donors (Lipinski definition) is 2. The molecule has 0 aromatic heterocycles. The molecule has 0 aliphatic carbocycles. The van der Waals surface area contributed by atoms with Crippen LogP contribution in [0.1, 0.15) is 6.92 Å². The van der Waals surface area contributed by atoms with Crippen molar-refractivity contribution in [1.29, 1.82) is 0 Å². The molecular weight excluding hydrogens is 374 g/mol. The number of halogens is 1. The van der Waals surface area contributed by atoms with Gasteiger partial charge in [-0.3, -0.25) is 14.5 Å². The van der Waals surface area contributed by atoms with E-state index in [0.29, 0.717) is 10.7 Å². The molecule has 3 aromatic carbocycles. The molecule has 3 rings (SSSR count). The van der Waals surface area contributed by atoms with Crippen LogP contribution in [0.2, 0.25) is 5.02 Å². The Kier molecular flexibility index (Phi) is 6.29. The first-order chi connectivity index (χ1) is 13.4. The van der Waals surface area contributed by atoms with E-state index in [0.717, 1.165) is 16.5 Å². The average molecular weight is 396 g/mol. The highest BCUT2D eigenvalue weighted by Gasteiger charge is 2.20. The second-order valence-electron chi connectivity index (χ2n) is 6.67. The van der Waals surface area contributed by atoms with Gasteiger partial charge in [-0.25, -0.2) is 0 Å². The van der Waals surface area contributed by atoms with Crippen molar-refractivity contribution in [3.05, 3.63) is 71.8 Å². The number of hydrogen-bond acceptors (Lipinski definition) is 3. The van der Waals surface area contributed by atoms with Crippen LogP contribution in [0.25, 0.3) is 10.8 Å². The molecule has 0 aliphatic rings. The third-order valence-electron chi connectivity index (χ3n) is 4.60. The van der Waals surface area contributed by atoms with Crippen molar-refractivity contribution in [2.75, 3.05) is 24.2 Å². The summed E-state index contributed by atoms with van der Waals surface area (Å²) >= 11 is 6.06. The maximum atomic E-state index is 12.6. The van der Waals surface area contributed by atoms with Gasteiger partial charge in [-0.2, -0.15) is 0 Å². The molecule has 1 unspecified atom stereocenters. The molecule has 6 heteroatoms. The van der Waals surface area contributed by atoms with Gasteiger partial charge in [-0.05, 0) is 49.0 Å². The van der Waals surface area contributed by atoms with Gasteiger partial charge in [0.05, 0.1) is 23.3 Å². The van der Waals surface area contributed by atoms with Gasteiger partial charge in [0, 0.05) is 5.69 Å². The van der Waals surface area contributed by atoms with E-state index in [1.54, 1.807) is 43.1 Å². The number of para-hydroxylation sites is 1. The molecule has 0 saturated carbocycles. The number of benzene rings is 3. The smallest absolute Gasteiger partial charge is 0.241 e. The van der Waals surface area contributed by atoms with Crippen LogP contribution in [-0.4, -0.2) is 36.3 Å². The normalized spacial score (nSPS) is 12.0. The van der Waals surface area contributed by atoms with Crippen LogP contribution >= 0.6 is 11.6 Å². The molecule has 0 bridgehead atoms. The van der Waals surface area contributed by atoms with Crippen molar-refractivity contribution in [3.63, 3.8) is 0 Å². The zero-order valence-corrected chi connectivity index (χ0v) is 16.5. The van der Waals surface area contributed by atoms with Crippen LogP contribution in [0.15, 0.2) is 66.7 Å². The minimum atomic E-state index is -0.483. The van der Waals surface area contributed by atoms with Crippen molar-refractivity contribution >= 4 is 45.6 Å². The number of carbonyl (C=O) groups excluding carboxylic acids is 2. The van der Waals surface area contributed by atoms with Gasteiger partial charge in [0.2, 0.25) is 11.8 Å². The second kappa shape index (κ2) is 8.87. The van der Waals surface area contributed by atoms with Crippen LogP contribution in [0, 0.1) is 0 Å². The predicted molar refractivity (Wildman–Crippen MR) is 115 cm³/mol. The van der Waals surface area contributed by atoms with Crippen molar-refractivity contribution in [2.45, 2.75) is 13.0 Å². The van der Waals surface area contributed by atoms with Gasteiger partial charge < -0.3 is 10.6 Å². The lowest BCUT2D eigenvalue weighted by Gasteiger charge is -2.23. The Labute approximate surface area is 169 Å². The van der Waals surface area contributed by atoms with Crippen LogP contribution in [-0.2, 0) is 9.59 Å². The fourth-order valence-electron chi connectivity index (χ4n) is 2.83. The van der Waals surface area contributed by atoms with E-state index >= 15 is 0 Å². The van der Waals surface area contributed by atoms with E-state index in [4.69, 9.17) is 11.6 Å². The number of likely N-dealkylation sites (N-methyl/N-ethyl adjacent to an activating group) is 1. The van der Waals surface area contributed by atoms with E-state index < -0.39 is 6.04 Å². The first kappa shape index (κ1) is 19.9. The Morgan fingerprint density at radius 1 is 0.964 bits per heavy atom. The molecule has 1 atom stereocenters. The number of nitrogens with one attached hydrogen (secondary N) is 2. The average Bonchev–Trinajstić information content (AvgIpc) is 2.69. The zero-order valence-electron chi connectivity index (χ0n) is 15.8. The van der Waals surface area contributed by atoms with Gasteiger partial charge in [-0.15, -0.1) is 0 Å². The molecule has 0 radical (unpaired) electrons. The summed E-state index contributed by atoms with van der Waals surface area (Å²) in [4.78, 5) is 26.5. The Morgan fingerprint density at radius 2 is 1.64 bits per heavy atom. The lowest BCUT2D eigenvalue weighted by Crippen LogP contribution is -2.43. The predicted octanol–water partition coefficient (Wildman–Crippen LogP) is 4.39. The van der Waals surface area contributed by atoms with E-state index in [-0.39, 0.29) is 18.4 Å². The molecule has 0 saturated heterocycles. The topological polar surface area (TPSA) is 61.4 Å². The highest BCUT2D eigenvalue weighted by Crippen LogP contribution is 2.21. The van der Waals surface area contributed by atoms with Crippen molar-refractivity contribution < 1.29 is 9.59 Å². The van der Waals surface area contributed by atoms with Crippen LogP contribution in [0.4, 0.5) is 11.4 Å². The van der Waals surface area contributed by atoms with Gasteiger partial charge in [0.15, 0.2) is 0 Å². The van der Waals surface area contributed by atoms with Crippen LogP contribution in [0.5, 0.6) is 0 Å². The van der Waals surface area contributed by atoms with Gasteiger partial charge >= 0.3 is 0 Å². The lowest BCUT2D eigenvalue weighted by atomic mass is 10.1. The highest BCUT2D eigenvalue weighted by molar-refractivity contribution is 6.33. The summed E-state index contributed by atoms with van der Waals surface area (Å²) < 4.78 is 0. The number of nitrogens with zero attached hydrogens (tertiary/aromatic N) is 1. The van der Waals surface area contributed by atoms with Crippen molar-refractivity contribution in [1.82, 2.24) is 4.90 Å². The molecule has 0 fully saturated rings. The Bertz CT molecular complexity index is 1010. The monoisotopic (exact) mass is 395 g/mol. The number of carbonyl (C=O) groups is 2. The largest absolute Gasteiger partial charge is 0.325 e. The van der Waals surface area contributed by atoms with Crippen molar-refractivity contribution in [3.8, 4) is 0 Å². The summed E-state index contributed by atoms with van der Waals surface area (Å²) in [7, 11) is 1.73. The maximum absolute atomic E-state index is 12.6. The molecule has 0 aliphatic heterocycles. The third-order valence-corrected chi connectivity index (χ3v) is 4.93. The summed E-state index contributed by atoms with van der Waals surface area (Å²) in [5, 5.41) is 8.32. The quantitative estimate of drug-likeness (QED) is 0.650. The lowest BCUT2D eigenvalue weighted by molar-refractivity contribution is -0.122. The SMILES string of the molecule is CC(C(=O)Nc1ccc2ccccc2c1)N(C)CC(=O)Nc1ccccc1Cl. The Balaban J connectivity index is 1.58. The summed E-state index contributed by atoms with van der Waals surface area (Å²) in [6.45, 7) is 1.83. The summed E-state index contributed by atoms with van der Waals surface area (Å²) in [5.74, 6) is -0.413. The van der Waals surface area contributed by atoms with Crippen LogP contribution in [0.3, 0.4) is 0 Å². The standard InChI is InChI=1S/C22H22ClN3O2/c1-15(26(2)14-21(27)25-20-10-6-5-9-19(20)23)22(28)24-18-12-11-16-7-3-4-8-17(16)13-18/h3-13,15H,14H2,1-2H3,(H,24,28)(H,25,27). The van der Waals surface area contributed by atoms with E-state index in [1.807, 2.05) is 42.5 Å². The van der Waals surface area contributed by atoms with Crippen LogP contribution < -0.4 is 10.6 Å². The maximum Gasteiger partial charge on any atom is 0.241 e. The van der Waals surface area contributed by atoms with E-state index in [1.165, 1.54) is 0 Å². The third kappa shape index (κ3) is 4.88. The molecule has 5 nitrogen and oxygen atoms in total. The molecule has 2 amide bonds. The van der Waals surface area contributed by atoms with Gasteiger partial charge in [0.25, 0.3) is 0 Å². The molecule has 3 aromatic rings. The van der Waals surface area contributed by atoms with Gasteiger partial charge in [0.1, 0.15) is 0 Å². The molecule has 2 N–H and O–H groups in total. The molecule has 28 heavy (non-hydrogen) atoms. The molecule has 0 heterocycles. The Hall–Kier alpha value is -2.89. The minimum Gasteiger partial charge on any atom is -0.325 e. The fraction of sp³-hybridized carbons (Fsp3) is 0.182. The zero-order chi connectivity index (χ0) is 20.1. The first-order valence-corrected chi connectivity index (χ1v) is 9.36. The van der Waals surface area contributed by atoms with E-state index in [2.05, 4.69) is 10.6 Å². The first-order valence-electron chi connectivity index (χ1n) is 8.98.